The number of rotatable bonds is 5. The number of aromatic nitrogens is 2. The third-order valence-corrected chi connectivity index (χ3v) is 7.02. The van der Waals surface area contributed by atoms with E-state index in [9.17, 15) is 13.2 Å². The fraction of sp³-hybridized carbons (Fsp3) is 0.296. The van der Waals surface area contributed by atoms with Crippen LogP contribution in [-0.4, -0.2) is 34.7 Å². The summed E-state index contributed by atoms with van der Waals surface area (Å²) in [7, 11) is 0. The molecule has 2 unspecified atom stereocenters. The van der Waals surface area contributed by atoms with Gasteiger partial charge in [0.2, 0.25) is 0 Å². The molecule has 1 N–H and O–H groups in total. The molecular formula is C27H24F3N3O2. The molecule has 0 saturated carbocycles. The van der Waals surface area contributed by atoms with E-state index in [2.05, 4.69) is 10.4 Å². The summed E-state index contributed by atoms with van der Waals surface area (Å²) in [5.41, 5.74) is 0.573. The van der Waals surface area contributed by atoms with Crippen molar-refractivity contribution < 1.29 is 22.6 Å². The monoisotopic (exact) mass is 479 g/mol. The van der Waals surface area contributed by atoms with Gasteiger partial charge in [0.25, 0.3) is 0 Å². The number of benzene rings is 3. The van der Waals surface area contributed by atoms with E-state index in [-0.39, 0.29) is 6.42 Å². The van der Waals surface area contributed by atoms with Crippen LogP contribution in [0.25, 0.3) is 16.6 Å². The lowest BCUT2D eigenvalue weighted by Gasteiger charge is -2.55. The number of hydrogen-bond donors (Lipinski definition) is 1. The molecule has 1 saturated heterocycles. The molecule has 2 aliphatic heterocycles. The van der Waals surface area contributed by atoms with Gasteiger partial charge in [0.15, 0.2) is 5.60 Å². The van der Waals surface area contributed by atoms with Gasteiger partial charge in [-0.1, -0.05) is 42.5 Å². The van der Waals surface area contributed by atoms with E-state index in [0.717, 1.165) is 28.6 Å². The summed E-state index contributed by atoms with van der Waals surface area (Å²) in [6.45, 7) is 1.84. The van der Waals surface area contributed by atoms with Gasteiger partial charge in [0.1, 0.15) is 5.75 Å². The Labute approximate surface area is 200 Å². The van der Waals surface area contributed by atoms with Crippen molar-refractivity contribution in [2.75, 3.05) is 18.5 Å². The van der Waals surface area contributed by atoms with E-state index in [0.29, 0.717) is 23.6 Å². The first kappa shape index (κ1) is 22.0. The summed E-state index contributed by atoms with van der Waals surface area (Å²) in [6, 6.07) is 20.7. The quantitative estimate of drug-likeness (QED) is 0.381. The van der Waals surface area contributed by atoms with Crippen LogP contribution in [0.3, 0.4) is 0 Å². The highest BCUT2D eigenvalue weighted by Gasteiger charge is 2.68. The molecule has 35 heavy (non-hydrogen) atoms. The molecule has 0 amide bonds. The molecular weight excluding hydrogens is 455 g/mol. The van der Waals surface area contributed by atoms with Crippen LogP contribution in [-0.2, 0) is 16.8 Å². The SMILES string of the molecule is CC1(c2cccc3c2OCC3)CC(CNc2cccc3c2cnn3-c2ccccc2)(C(F)(F)F)O1. The molecule has 2 atom stereocenters. The summed E-state index contributed by atoms with van der Waals surface area (Å²) < 4.78 is 56.3. The second-order valence-corrected chi connectivity index (χ2v) is 9.38. The number of alkyl halides is 3. The first-order valence-corrected chi connectivity index (χ1v) is 11.6. The first-order valence-electron chi connectivity index (χ1n) is 11.6. The van der Waals surface area contributed by atoms with Gasteiger partial charge in [-0.15, -0.1) is 0 Å². The second-order valence-electron chi connectivity index (χ2n) is 9.38. The molecule has 1 aromatic heterocycles. The number of halogens is 3. The Bertz CT molecular complexity index is 1390. The lowest BCUT2D eigenvalue weighted by molar-refractivity contribution is -0.380. The van der Waals surface area contributed by atoms with Crippen LogP contribution >= 0.6 is 0 Å². The van der Waals surface area contributed by atoms with Gasteiger partial charge in [-0.2, -0.15) is 18.3 Å². The highest BCUT2D eigenvalue weighted by Crippen LogP contribution is 2.57. The zero-order chi connectivity index (χ0) is 24.3. The maximum absolute atomic E-state index is 14.3. The molecule has 0 spiro atoms. The topological polar surface area (TPSA) is 48.3 Å². The van der Waals surface area contributed by atoms with Crippen LogP contribution in [0.5, 0.6) is 5.75 Å². The molecule has 2 aliphatic rings. The summed E-state index contributed by atoms with van der Waals surface area (Å²) in [4.78, 5) is 0. The van der Waals surface area contributed by atoms with Crippen molar-refractivity contribution in [3.05, 3.63) is 84.1 Å². The third kappa shape index (κ3) is 3.46. The van der Waals surface area contributed by atoms with Gasteiger partial charge < -0.3 is 14.8 Å². The minimum absolute atomic E-state index is 0.199. The summed E-state index contributed by atoms with van der Waals surface area (Å²) in [6.07, 6.45) is -2.32. The van der Waals surface area contributed by atoms with Crippen LogP contribution in [0.4, 0.5) is 18.9 Å². The summed E-state index contributed by atoms with van der Waals surface area (Å²) in [5, 5.41) is 8.21. The molecule has 5 nitrogen and oxygen atoms in total. The fourth-order valence-electron chi connectivity index (χ4n) is 5.32. The van der Waals surface area contributed by atoms with Crippen LogP contribution in [0, 0.1) is 0 Å². The second kappa shape index (κ2) is 7.75. The van der Waals surface area contributed by atoms with E-state index in [4.69, 9.17) is 9.47 Å². The molecule has 4 aromatic rings. The van der Waals surface area contributed by atoms with Crippen molar-refractivity contribution >= 4 is 16.6 Å². The number of hydrogen-bond acceptors (Lipinski definition) is 4. The Morgan fingerprint density at radius 3 is 2.57 bits per heavy atom. The molecule has 6 rings (SSSR count). The van der Waals surface area contributed by atoms with E-state index in [1.165, 1.54) is 0 Å². The third-order valence-electron chi connectivity index (χ3n) is 7.02. The van der Waals surface area contributed by atoms with Gasteiger partial charge in [-0.05, 0) is 36.8 Å². The number of anilines is 1. The first-order chi connectivity index (χ1) is 16.8. The predicted octanol–water partition coefficient (Wildman–Crippen LogP) is 6.01. The molecule has 0 bridgehead atoms. The van der Waals surface area contributed by atoms with Crippen LogP contribution < -0.4 is 10.1 Å². The van der Waals surface area contributed by atoms with Crippen molar-refractivity contribution in [2.45, 2.75) is 37.1 Å². The van der Waals surface area contributed by atoms with Gasteiger partial charge in [0.05, 0.1) is 36.2 Å². The Morgan fingerprint density at radius 1 is 1.03 bits per heavy atom. The van der Waals surface area contributed by atoms with E-state index < -0.39 is 23.9 Å². The maximum Gasteiger partial charge on any atom is 0.419 e. The van der Waals surface area contributed by atoms with Crippen molar-refractivity contribution in [3.63, 3.8) is 0 Å². The highest BCUT2D eigenvalue weighted by molar-refractivity contribution is 5.92. The molecule has 0 aliphatic carbocycles. The zero-order valence-electron chi connectivity index (χ0n) is 19.1. The standard InChI is InChI=1S/C27H24F3N3O2/c1-25(21-10-5-7-18-13-14-34-24(18)21)16-26(35-25,27(28,29)30)17-31-22-11-6-12-23-20(22)15-32-33(23)19-8-3-2-4-9-19/h2-12,15,31H,13-14,16-17H2,1H3. The lowest BCUT2D eigenvalue weighted by atomic mass is 9.74. The lowest BCUT2D eigenvalue weighted by Crippen LogP contribution is -2.67. The minimum Gasteiger partial charge on any atom is -0.493 e. The largest absolute Gasteiger partial charge is 0.493 e. The summed E-state index contributed by atoms with van der Waals surface area (Å²) >= 11 is 0. The average molecular weight is 480 g/mol. The van der Waals surface area contributed by atoms with Gasteiger partial charge in [0, 0.05) is 29.5 Å². The predicted molar refractivity (Wildman–Crippen MR) is 127 cm³/mol. The minimum atomic E-state index is -4.54. The fourth-order valence-corrected chi connectivity index (χ4v) is 5.32. The Morgan fingerprint density at radius 2 is 1.80 bits per heavy atom. The van der Waals surface area contributed by atoms with Crippen molar-refractivity contribution in [1.82, 2.24) is 9.78 Å². The normalized spacial score (nSPS) is 23.5. The molecule has 180 valence electrons. The van der Waals surface area contributed by atoms with Crippen LogP contribution in [0.15, 0.2) is 72.9 Å². The molecule has 8 heteroatoms. The van der Waals surface area contributed by atoms with Crippen LogP contribution in [0.1, 0.15) is 24.5 Å². The number of fused-ring (bicyclic) bond motifs is 2. The Hall–Kier alpha value is -3.52. The van der Waals surface area contributed by atoms with E-state index in [1.807, 2.05) is 54.6 Å². The van der Waals surface area contributed by atoms with Gasteiger partial charge in [-0.3, -0.25) is 0 Å². The van der Waals surface area contributed by atoms with Gasteiger partial charge in [-0.25, -0.2) is 4.68 Å². The molecule has 1 fully saturated rings. The van der Waals surface area contributed by atoms with Crippen molar-refractivity contribution in [1.29, 1.82) is 0 Å². The number of para-hydroxylation sites is 2. The molecule has 3 heterocycles. The highest BCUT2D eigenvalue weighted by atomic mass is 19.4. The Balaban J connectivity index is 1.28. The van der Waals surface area contributed by atoms with Gasteiger partial charge >= 0.3 is 6.18 Å². The number of ether oxygens (including phenoxy) is 2. The number of nitrogens with zero attached hydrogens (tertiary/aromatic N) is 2. The molecule has 0 radical (unpaired) electrons. The van der Waals surface area contributed by atoms with Crippen molar-refractivity contribution in [3.8, 4) is 11.4 Å². The maximum atomic E-state index is 14.3. The smallest absolute Gasteiger partial charge is 0.419 e. The average Bonchev–Trinajstić information content (AvgIpc) is 3.48. The zero-order valence-corrected chi connectivity index (χ0v) is 19.1. The number of nitrogens with one attached hydrogen (secondary N) is 1. The van der Waals surface area contributed by atoms with Crippen molar-refractivity contribution in [2.24, 2.45) is 0 Å². The van der Waals surface area contributed by atoms with E-state index >= 15 is 0 Å². The van der Waals surface area contributed by atoms with E-state index in [1.54, 1.807) is 29.9 Å². The molecule has 3 aromatic carbocycles. The summed E-state index contributed by atoms with van der Waals surface area (Å²) in [5.74, 6) is 0.664. The van der Waals surface area contributed by atoms with Crippen LogP contribution in [0.2, 0.25) is 0 Å². The Kier molecular flexibility index (Phi) is 4.86.